The van der Waals surface area contributed by atoms with E-state index in [1.54, 1.807) is 13.1 Å². The summed E-state index contributed by atoms with van der Waals surface area (Å²) in [6.45, 7) is 0.235. The Morgan fingerprint density at radius 2 is 2.10 bits per heavy atom. The number of aliphatic carboxylic acids is 1. The molecule has 106 valence electrons. The molecule has 2 rings (SSSR count). The van der Waals surface area contributed by atoms with Gasteiger partial charge >= 0.3 is 11.9 Å². The molecule has 7 nitrogen and oxygen atoms in total. The number of hydrogen-bond donors (Lipinski definition) is 3. The molecule has 0 radical (unpaired) electrons. The van der Waals surface area contributed by atoms with Crippen molar-refractivity contribution in [2.24, 2.45) is 0 Å². The lowest BCUT2D eigenvalue weighted by Gasteiger charge is -2.19. The number of carbonyl (C=O) groups excluding carboxylic acids is 1. The molecular weight excluding hydrogens is 264 g/mol. The number of rotatable bonds is 3. The standard InChI is InChI=1S/C13H14N2O5/c1-15-6-8-4-7(13(19)20)2-3-9(8)14-10(12(15)18)5-11(16)17/h2-4,10,14H,5-6H2,1H3,(H,16,17)(H,19,20). The largest absolute Gasteiger partial charge is 0.481 e. The van der Waals surface area contributed by atoms with Gasteiger partial charge in [-0.15, -0.1) is 0 Å². The van der Waals surface area contributed by atoms with E-state index in [-0.39, 0.29) is 24.4 Å². The Kier molecular flexibility index (Phi) is 3.60. The number of carbonyl (C=O) groups is 3. The molecule has 0 saturated carbocycles. The Morgan fingerprint density at radius 1 is 1.40 bits per heavy atom. The second-order valence-corrected chi connectivity index (χ2v) is 4.67. The lowest BCUT2D eigenvalue weighted by Crippen LogP contribution is -2.39. The first kappa shape index (κ1) is 13.9. The van der Waals surface area contributed by atoms with Gasteiger partial charge in [-0.05, 0) is 23.8 Å². The summed E-state index contributed by atoms with van der Waals surface area (Å²) in [5, 5.41) is 20.7. The molecule has 20 heavy (non-hydrogen) atoms. The van der Waals surface area contributed by atoms with Crippen molar-refractivity contribution in [1.82, 2.24) is 4.90 Å². The first-order chi connectivity index (χ1) is 9.38. The van der Waals surface area contributed by atoms with E-state index in [2.05, 4.69) is 5.32 Å². The van der Waals surface area contributed by atoms with Gasteiger partial charge in [0.25, 0.3) is 0 Å². The van der Waals surface area contributed by atoms with Crippen LogP contribution >= 0.6 is 0 Å². The van der Waals surface area contributed by atoms with E-state index in [1.165, 1.54) is 17.0 Å². The first-order valence-corrected chi connectivity index (χ1v) is 5.98. The van der Waals surface area contributed by atoms with Crippen molar-refractivity contribution in [1.29, 1.82) is 0 Å². The van der Waals surface area contributed by atoms with E-state index in [9.17, 15) is 14.4 Å². The van der Waals surface area contributed by atoms with Crippen LogP contribution in [-0.4, -0.2) is 46.0 Å². The third-order valence-electron chi connectivity index (χ3n) is 3.14. The van der Waals surface area contributed by atoms with Crippen LogP contribution in [0.2, 0.25) is 0 Å². The van der Waals surface area contributed by atoms with Crippen molar-refractivity contribution in [2.45, 2.75) is 19.0 Å². The molecule has 0 spiro atoms. The highest BCUT2D eigenvalue weighted by molar-refractivity contribution is 5.91. The Hall–Kier alpha value is -2.57. The number of carboxylic acid groups (broad SMARTS) is 2. The molecule has 1 atom stereocenters. The van der Waals surface area contributed by atoms with Crippen LogP contribution in [0.1, 0.15) is 22.3 Å². The Labute approximate surface area is 114 Å². The number of carboxylic acids is 2. The van der Waals surface area contributed by atoms with Gasteiger partial charge in [0.15, 0.2) is 0 Å². The van der Waals surface area contributed by atoms with E-state index < -0.39 is 18.0 Å². The molecule has 1 aliphatic rings. The van der Waals surface area contributed by atoms with Gasteiger partial charge in [0.2, 0.25) is 5.91 Å². The van der Waals surface area contributed by atoms with Crippen molar-refractivity contribution >= 4 is 23.5 Å². The maximum Gasteiger partial charge on any atom is 0.335 e. The number of nitrogens with one attached hydrogen (secondary N) is 1. The van der Waals surface area contributed by atoms with Crippen LogP contribution < -0.4 is 5.32 Å². The molecule has 1 aromatic carbocycles. The maximum atomic E-state index is 12.1. The van der Waals surface area contributed by atoms with Crippen molar-refractivity contribution in [3.63, 3.8) is 0 Å². The molecule has 1 aromatic rings. The third-order valence-corrected chi connectivity index (χ3v) is 3.14. The molecule has 0 aliphatic carbocycles. The average molecular weight is 278 g/mol. The molecular formula is C13H14N2O5. The summed E-state index contributed by atoms with van der Waals surface area (Å²) in [5.74, 6) is -2.46. The molecule has 1 amide bonds. The second-order valence-electron chi connectivity index (χ2n) is 4.67. The zero-order valence-corrected chi connectivity index (χ0v) is 10.8. The van der Waals surface area contributed by atoms with Crippen LogP contribution in [0, 0.1) is 0 Å². The van der Waals surface area contributed by atoms with Gasteiger partial charge in [-0.3, -0.25) is 9.59 Å². The molecule has 1 aliphatic heterocycles. The van der Waals surface area contributed by atoms with Crippen molar-refractivity contribution in [3.05, 3.63) is 29.3 Å². The summed E-state index contributed by atoms with van der Waals surface area (Å²) in [6, 6.07) is 3.61. The summed E-state index contributed by atoms with van der Waals surface area (Å²) in [4.78, 5) is 35.2. The summed E-state index contributed by atoms with van der Waals surface area (Å²) < 4.78 is 0. The van der Waals surface area contributed by atoms with Crippen molar-refractivity contribution < 1.29 is 24.6 Å². The van der Waals surface area contributed by atoms with Crippen molar-refractivity contribution in [3.8, 4) is 0 Å². The Bertz CT molecular complexity index is 584. The number of aromatic carboxylic acids is 1. The SMILES string of the molecule is CN1Cc2cc(C(=O)O)ccc2NC(CC(=O)O)C1=O. The summed E-state index contributed by atoms with van der Waals surface area (Å²) in [5.41, 5.74) is 1.36. The minimum atomic E-state index is -1.07. The molecule has 0 saturated heterocycles. The van der Waals surface area contributed by atoms with Gasteiger partial charge in [-0.1, -0.05) is 0 Å². The molecule has 7 heteroatoms. The van der Waals surface area contributed by atoms with Crippen molar-refractivity contribution in [2.75, 3.05) is 12.4 Å². The number of hydrogen-bond acceptors (Lipinski definition) is 4. The van der Waals surface area contributed by atoms with Gasteiger partial charge in [0, 0.05) is 19.3 Å². The fraction of sp³-hybridized carbons (Fsp3) is 0.308. The van der Waals surface area contributed by atoms with Gasteiger partial charge < -0.3 is 20.4 Å². The van der Waals surface area contributed by atoms with E-state index in [4.69, 9.17) is 10.2 Å². The number of fused-ring (bicyclic) bond motifs is 1. The number of amides is 1. The number of benzene rings is 1. The summed E-state index contributed by atoms with van der Waals surface area (Å²) >= 11 is 0. The van der Waals surface area contributed by atoms with E-state index in [1.807, 2.05) is 0 Å². The number of anilines is 1. The zero-order chi connectivity index (χ0) is 14.9. The van der Waals surface area contributed by atoms with Crippen LogP contribution in [0.15, 0.2) is 18.2 Å². The normalized spacial score (nSPS) is 17.9. The molecule has 3 N–H and O–H groups in total. The monoisotopic (exact) mass is 278 g/mol. The lowest BCUT2D eigenvalue weighted by molar-refractivity contribution is -0.141. The van der Waals surface area contributed by atoms with Crippen LogP contribution in [0.25, 0.3) is 0 Å². The molecule has 1 heterocycles. The van der Waals surface area contributed by atoms with Crippen LogP contribution in [0.3, 0.4) is 0 Å². The highest BCUT2D eigenvalue weighted by Crippen LogP contribution is 2.24. The predicted octanol–water partition coefficient (Wildman–Crippen LogP) is 0.612. The minimum absolute atomic E-state index is 0.128. The number of nitrogens with zero attached hydrogens (tertiary/aromatic N) is 1. The topological polar surface area (TPSA) is 107 Å². The molecule has 1 unspecified atom stereocenters. The zero-order valence-electron chi connectivity index (χ0n) is 10.8. The van der Waals surface area contributed by atoms with Gasteiger partial charge in [-0.2, -0.15) is 0 Å². The quantitative estimate of drug-likeness (QED) is 0.748. The van der Waals surface area contributed by atoms with Gasteiger partial charge in [0.05, 0.1) is 12.0 Å². The van der Waals surface area contributed by atoms with E-state index >= 15 is 0 Å². The summed E-state index contributed by atoms with van der Waals surface area (Å²) in [6.07, 6.45) is -0.330. The van der Waals surface area contributed by atoms with Crippen LogP contribution in [0.5, 0.6) is 0 Å². The molecule has 0 fully saturated rings. The Morgan fingerprint density at radius 3 is 2.70 bits per heavy atom. The fourth-order valence-electron chi connectivity index (χ4n) is 2.16. The average Bonchev–Trinajstić information content (AvgIpc) is 2.47. The first-order valence-electron chi connectivity index (χ1n) is 5.98. The van der Waals surface area contributed by atoms with Crippen LogP contribution in [0.4, 0.5) is 5.69 Å². The van der Waals surface area contributed by atoms with Gasteiger partial charge in [0.1, 0.15) is 6.04 Å². The number of likely N-dealkylation sites (N-methyl/N-ethyl adjacent to an activating group) is 1. The minimum Gasteiger partial charge on any atom is -0.481 e. The highest BCUT2D eigenvalue weighted by atomic mass is 16.4. The van der Waals surface area contributed by atoms with E-state index in [0.717, 1.165) is 0 Å². The maximum absolute atomic E-state index is 12.1. The predicted molar refractivity (Wildman–Crippen MR) is 69.5 cm³/mol. The molecule has 0 aromatic heterocycles. The highest BCUT2D eigenvalue weighted by Gasteiger charge is 2.29. The Balaban J connectivity index is 2.37. The van der Waals surface area contributed by atoms with E-state index in [0.29, 0.717) is 11.3 Å². The lowest BCUT2D eigenvalue weighted by atomic mass is 10.1. The van der Waals surface area contributed by atoms with Crippen LogP contribution in [-0.2, 0) is 16.1 Å². The third kappa shape index (κ3) is 2.71. The molecule has 0 bridgehead atoms. The summed E-state index contributed by atoms with van der Waals surface area (Å²) in [7, 11) is 1.56. The van der Waals surface area contributed by atoms with Gasteiger partial charge in [-0.25, -0.2) is 4.79 Å². The fourth-order valence-corrected chi connectivity index (χ4v) is 2.16. The second kappa shape index (κ2) is 5.20. The smallest absolute Gasteiger partial charge is 0.335 e.